The first-order chi connectivity index (χ1) is 8.70. The fraction of sp³-hybridized carbons (Fsp3) is 0.625. The number of hydrogen-bond acceptors (Lipinski definition) is 3. The van der Waals surface area contributed by atoms with Gasteiger partial charge in [-0.3, -0.25) is 0 Å². The van der Waals surface area contributed by atoms with E-state index in [2.05, 4.69) is 27.7 Å². The highest BCUT2D eigenvalue weighted by molar-refractivity contribution is 5.30. The molecule has 2 atom stereocenters. The molecule has 1 heterocycles. The molecule has 0 radical (unpaired) electrons. The summed E-state index contributed by atoms with van der Waals surface area (Å²) in [6.45, 7) is 10.1. The van der Waals surface area contributed by atoms with E-state index in [4.69, 9.17) is 9.47 Å². The van der Waals surface area contributed by atoms with Crippen molar-refractivity contribution in [2.45, 2.75) is 64.4 Å². The van der Waals surface area contributed by atoms with E-state index >= 15 is 0 Å². The summed E-state index contributed by atoms with van der Waals surface area (Å²) in [5.74, 6) is 0.790. The van der Waals surface area contributed by atoms with Crippen molar-refractivity contribution in [1.29, 1.82) is 0 Å². The summed E-state index contributed by atoms with van der Waals surface area (Å²) in [4.78, 5) is 0. The molecule has 1 aliphatic rings. The van der Waals surface area contributed by atoms with Crippen molar-refractivity contribution in [2.75, 3.05) is 0 Å². The van der Waals surface area contributed by atoms with Gasteiger partial charge in [0, 0.05) is 6.42 Å². The maximum atomic E-state index is 9.61. The Kier molecular flexibility index (Phi) is 3.63. The van der Waals surface area contributed by atoms with E-state index in [-0.39, 0.29) is 17.3 Å². The van der Waals surface area contributed by atoms with Crippen LogP contribution in [0.2, 0.25) is 0 Å². The smallest absolute Gasteiger partial charge is 0.130 e. The van der Waals surface area contributed by atoms with Gasteiger partial charge in [-0.1, -0.05) is 12.1 Å². The number of aliphatic hydroxyl groups excluding tert-OH is 1. The van der Waals surface area contributed by atoms with Crippen LogP contribution >= 0.6 is 0 Å². The van der Waals surface area contributed by atoms with E-state index in [0.717, 1.165) is 17.7 Å². The number of rotatable bonds is 3. The minimum Gasteiger partial charge on any atom is -0.487 e. The van der Waals surface area contributed by atoms with Gasteiger partial charge < -0.3 is 14.6 Å². The first kappa shape index (κ1) is 14.4. The monoisotopic (exact) mass is 264 g/mol. The van der Waals surface area contributed by atoms with Gasteiger partial charge in [-0.2, -0.15) is 0 Å². The van der Waals surface area contributed by atoms with Crippen molar-refractivity contribution in [2.24, 2.45) is 0 Å². The van der Waals surface area contributed by atoms with Gasteiger partial charge in [-0.15, -0.1) is 0 Å². The van der Waals surface area contributed by atoms with Crippen LogP contribution in [-0.4, -0.2) is 22.4 Å². The van der Waals surface area contributed by atoms with Crippen LogP contribution in [0.25, 0.3) is 0 Å². The molecule has 1 fully saturated rings. The topological polar surface area (TPSA) is 38.7 Å². The van der Waals surface area contributed by atoms with Gasteiger partial charge in [0.2, 0.25) is 0 Å². The van der Waals surface area contributed by atoms with Crippen molar-refractivity contribution in [3.05, 3.63) is 29.8 Å². The Balaban J connectivity index is 2.15. The molecule has 1 aromatic carbocycles. The Bertz CT molecular complexity index is 449. The lowest BCUT2D eigenvalue weighted by Gasteiger charge is -2.27. The summed E-state index contributed by atoms with van der Waals surface area (Å²) in [6, 6.07) is 7.63. The highest BCUT2D eigenvalue weighted by Crippen LogP contribution is 2.39. The maximum absolute atomic E-state index is 9.61. The SMILES string of the molecule is C[C@H](O)c1cccc(OC2CC(C)(C)OC2(C)C)c1. The Morgan fingerprint density at radius 2 is 2.00 bits per heavy atom. The highest BCUT2D eigenvalue weighted by atomic mass is 16.6. The van der Waals surface area contributed by atoms with Gasteiger partial charge in [0.25, 0.3) is 0 Å². The van der Waals surface area contributed by atoms with E-state index in [1.165, 1.54) is 0 Å². The van der Waals surface area contributed by atoms with Crippen molar-refractivity contribution < 1.29 is 14.6 Å². The fourth-order valence-corrected chi connectivity index (χ4v) is 2.71. The molecular weight excluding hydrogens is 240 g/mol. The number of ether oxygens (including phenoxy) is 2. The molecule has 0 aliphatic carbocycles. The van der Waals surface area contributed by atoms with Crippen LogP contribution in [0.15, 0.2) is 24.3 Å². The van der Waals surface area contributed by atoms with Gasteiger partial charge in [0.15, 0.2) is 0 Å². The van der Waals surface area contributed by atoms with E-state index < -0.39 is 6.10 Å². The van der Waals surface area contributed by atoms with Gasteiger partial charge in [0.05, 0.1) is 11.7 Å². The Hall–Kier alpha value is -1.06. The van der Waals surface area contributed by atoms with E-state index in [1.54, 1.807) is 6.92 Å². The van der Waals surface area contributed by atoms with Crippen molar-refractivity contribution in [3.8, 4) is 5.75 Å². The molecule has 0 saturated carbocycles. The average molecular weight is 264 g/mol. The normalized spacial score (nSPS) is 26.1. The first-order valence-corrected chi connectivity index (χ1v) is 6.84. The molecule has 1 unspecified atom stereocenters. The largest absolute Gasteiger partial charge is 0.487 e. The summed E-state index contributed by atoms with van der Waals surface area (Å²) in [6.07, 6.45) is 0.401. The second kappa shape index (κ2) is 4.80. The predicted molar refractivity (Wildman–Crippen MR) is 75.4 cm³/mol. The molecule has 0 aromatic heterocycles. The molecular formula is C16H24O3. The van der Waals surface area contributed by atoms with E-state index in [1.807, 2.05) is 24.3 Å². The van der Waals surface area contributed by atoms with Crippen molar-refractivity contribution in [3.63, 3.8) is 0 Å². The van der Waals surface area contributed by atoms with Crippen LogP contribution in [0.4, 0.5) is 0 Å². The number of hydrogen-bond donors (Lipinski definition) is 1. The molecule has 106 valence electrons. The van der Waals surface area contributed by atoms with Gasteiger partial charge in [-0.05, 0) is 52.3 Å². The van der Waals surface area contributed by atoms with Crippen LogP contribution in [0.1, 0.15) is 52.7 Å². The van der Waals surface area contributed by atoms with Gasteiger partial charge >= 0.3 is 0 Å². The standard InChI is InChI=1S/C16H24O3/c1-11(17)12-7-6-8-13(9-12)18-14-10-15(2,3)19-16(14,4)5/h6-9,11,14,17H,10H2,1-5H3/t11-,14?/m0/s1. The van der Waals surface area contributed by atoms with Crippen LogP contribution < -0.4 is 4.74 Å². The van der Waals surface area contributed by atoms with Crippen LogP contribution in [0, 0.1) is 0 Å². The maximum Gasteiger partial charge on any atom is 0.130 e. The zero-order chi connectivity index (χ0) is 14.3. The summed E-state index contributed by atoms with van der Waals surface area (Å²) < 4.78 is 12.1. The average Bonchev–Trinajstić information content (AvgIpc) is 2.47. The predicted octanol–water partition coefficient (Wildman–Crippen LogP) is 3.46. The molecule has 1 N–H and O–H groups in total. The molecule has 3 nitrogen and oxygen atoms in total. The second-order valence-electron chi connectivity index (χ2n) is 6.52. The summed E-state index contributed by atoms with van der Waals surface area (Å²) in [7, 11) is 0. The van der Waals surface area contributed by atoms with Crippen molar-refractivity contribution >= 4 is 0 Å². The molecule has 3 heteroatoms. The van der Waals surface area contributed by atoms with Crippen LogP contribution in [-0.2, 0) is 4.74 Å². The molecule has 0 spiro atoms. The quantitative estimate of drug-likeness (QED) is 0.908. The molecule has 2 rings (SSSR count). The zero-order valence-electron chi connectivity index (χ0n) is 12.4. The van der Waals surface area contributed by atoms with Gasteiger partial charge in [-0.25, -0.2) is 0 Å². The second-order valence-corrected chi connectivity index (χ2v) is 6.52. The Morgan fingerprint density at radius 3 is 2.53 bits per heavy atom. The summed E-state index contributed by atoms with van der Waals surface area (Å²) in [5, 5.41) is 9.61. The highest BCUT2D eigenvalue weighted by Gasteiger charge is 2.47. The third-order valence-electron chi connectivity index (χ3n) is 3.61. The minimum atomic E-state index is -0.479. The lowest BCUT2D eigenvalue weighted by Crippen LogP contribution is -2.36. The zero-order valence-corrected chi connectivity index (χ0v) is 12.4. The van der Waals surface area contributed by atoms with Gasteiger partial charge in [0.1, 0.15) is 17.5 Å². The Morgan fingerprint density at radius 1 is 1.32 bits per heavy atom. The number of benzene rings is 1. The lowest BCUT2D eigenvalue weighted by atomic mass is 9.97. The molecule has 0 bridgehead atoms. The third kappa shape index (κ3) is 3.28. The first-order valence-electron chi connectivity index (χ1n) is 6.84. The van der Waals surface area contributed by atoms with Crippen LogP contribution in [0.5, 0.6) is 5.75 Å². The minimum absolute atomic E-state index is 0.0201. The summed E-state index contributed by atoms with van der Waals surface area (Å²) >= 11 is 0. The third-order valence-corrected chi connectivity index (χ3v) is 3.61. The Labute approximate surface area is 115 Å². The van der Waals surface area contributed by atoms with Crippen molar-refractivity contribution in [1.82, 2.24) is 0 Å². The molecule has 1 saturated heterocycles. The molecule has 1 aliphatic heterocycles. The lowest BCUT2D eigenvalue weighted by molar-refractivity contribution is -0.0846. The number of aliphatic hydroxyl groups is 1. The van der Waals surface area contributed by atoms with E-state index in [0.29, 0.717) is 0 Å². The fourth-order valence-electron chi connectivity index (χ4n) is 2.71. The molecule has 19 heavy (non-hydrogen) atoms. The van der Waals surface area contributed by atoms with Crippen LogP contribution in [0.3, 0.4) is 0 Å². The molecule has 1 aromatic rings. The summed E-state index contributed by atoms with van der Waals surface area (Å²) in [5.41, 5.74) is 0.411. The van der Waals surface area contributed by atoms with E-state index in [9.17, 15) is 5.11 Å². The molecule has 0 amide bonds.